The van der Waals surface area contributed by atoms with Crippen LogP contribution in [0.2, 0.25) is 0 Å². The standard InChI is InChI=1S/C19H16F5N5O2/c20-15(21)17-25-16(27-31-17)11-1-3-12(4-2-11)18(30)28-8-5-13(6-9-28)29-10-7-14(26-29)19(22,23)24/h1-4,7,10,13,15H,5-6,8-9H2. The van der Waals surface area contributed by atoms with Crippen LogP contribution in [0.4, 0.5) is 22.0 Å². The van der Waals surface area contributed by atoms with Crippen molar-refractivity contribution in [2.24, 2.45) is 0 Å². The maximum Gasteiger partial charge on any atom is 0.435 e. The molecule has 1 saturated heterocycles. The van der Waals surface area contributed by atoms with E-state index in [0.717, 1.165) is 6.07 Å². The zero-order valence-electron chi connectivity index (χ0n) is 15.9. The van der Waals surface area contributed by atoms with Crippen LogP contribution in [0, 0.1) is 0 Å². The SMILES string of the molecule is O=C(c1ccc(-c2noc(C(F)F)n2)cc1)N1CCC(n2ccc(C(F)(F)F)n2)CC1. The Morgan fingerprint density at radius 1 is 1.10 bits per heavy atom. The molecule has 2 aromatic heterocycles. The van der Waals surface area contributed by atoms with Gasteiger partial charge in [0.05, 0.1) is 6.04 Å². The zero-order chi connectivity index (χ0) is 22.2. The smallest absolute Gasteiger partial charge is 0.338 e. The monoisotopic (exact) mass is 441 g/mol. The molecule has 7 nitrogen and oxygen atoms in total. The van der Waals surface area contributed by atoms with Crippen LogP contribution < -0.4 is 0 Å². The zero-order valence-corrected chi connectivity index (χ0v) is 15.9. The van der Waals surface area contributed by atoms with Crippen molar-refractivity contribution in [2.45, 2.75) is 31.5 Å². The largest absolute Gasteiger partial charge is 0.435 e. The number of piperidine rings is 1. The summed E-state index contributed by atoms with van der Waals surface area (Å²) >= 11 is 0. The molecule has 0 radical (unpaired) electrons. The van der Waals surface area contributed by atoms with E-state index in [1.165, 1.54) is 35.1 Å². The van der Waals surface area contributed by atoms with Crippen molar-refractivity contribution in [3.05, 3.63) is 53.7 Å². The van der Waals surface area contributed by atoms with Crippen molar-refractivity contribution in [2.75, 3.05) is 13.1 Å². The Balaban J connectivity index is 1.37. The summed E-state index contributed by atoms with van der Waals surface area (Å²) in [5.41, 5.74) is -0.128. The summed E-state index contributed by atoms with van der Waals surface area (Å²) in [5, 5.41) is 7.09. The Bertz CT molecular complexity index is 1050. The molecule has 0 N–H and O–H groups in total. The molecule has 1 fully saturated rings. The summed E-state index contributed by atoms with van der Waals surface area (Å²) in [7, 11) is 0. The summed E-state index contributed by atoms with van der Waals surface area (Å²) < 4.78 is 69.1. The molecule has 0 spiro atoms. The molecule has 1 aliphatic rings. The fraction of sp³-hybridized carbons (Fsp3) is 0.368. The van der Waals surface area contributed by atoms with Gasteiger partial charge in [0.15, 0.2) is 5.69 Å². The first-order valence-corrected chi connectivity index (χ1v) is 9.36. The first-order chi connectivity index (χ1) is 14.7. The topological polar surface area (TPSA) is 77.0 Å². The van der Waals surface area contributed by atoms with E-state index in [1.54, 1.807) is 4.90 Å². The van der Waals surface area contributed by atoms with E-state index in [1.807, 2.05) is 0 Å². The molecular weight excluding hydrogens is 425 g/mol. The van der Waals surface area contributed by atoms with Gasteiger partial charge in [0.1, 0.15) is 0 Å². The van der Waals surface area contributed by atoms with Crippen molar-refractivity contribution in [3.8, 4) is 11.4 Å². The lowest BCUT2D eigenvalue weighted by atomic mass is 10.0. The van der Waals surface area contributed by atoms with E-state index in [4.69, 9.17) is 0 Å². The van der Waals surface area contributed by atoms with Crippen LogP contribution in [0.5, 0.6) is 0 Å². The van der Waals surface area contributed by atoms with Crippen LogP contribution in [0.1, 0.15) is 47.3 Å². The minimum atomic E-state index is -4.49. The number of aromatic nitrogens is 4. The van der Waals surface area contributed by atoms with Gasteiger partial charge in [-0.3, -0.25) is 9.48 Å². The summed E-state index contributed by atoms with van der Waals surface area (Å²) in [6.45, 7) is 0.740. The van der Waals surface area contributed by atoms with Crippen molar-refractivity contribution >= 4 is 5.91 Å². The number of likely N-dealkylation sites (tertiary alicyclic amines) is 1. The molecule has 3 heterocycles. The van der Waals surface area contributed by atoms with Crippen LogP contribution >= 0.6 is 0 Å². The molecule has 4 rings (SSSR count). The van der Waals surface area contributed by atoms with Gasteiger partial charge in [-0.1, -0.05) is 17.3 Å². The number of benzene rings is 1. The minimum absolute atomic E-state index is 0.00689. The van der Waals surface area contributed by atoms with Crippen LogP contribution in [0.25, 0.3) is 11.4 Å². The molecule has 0 unspecified atom stereocenters. The lowest BCUT2D eigenvalue weighted by Gasteiger charge is -2.32. The molecule has 1 aliphatic heterocycles. The van der Waals surface area contributed by atoms with Crippen molar-refractivity contribution in [1.82, 2.24) is 24.8 Å². The van der Waals surface area contributed by atoms with E-state index < -0.39 is 24.2 Å². The highest BCUT2D eigenvalue weighted by molar-refractivity contribution is 5.94. The Morgan fingerprint density at radius 3 is 2.32 bits per heavy atom. The van der Waals surface area contributed by atoms with E-state index in [0.29, 0.717) is 37.1 Å². The van der Waals surface area contributed by atoms with Crippen LogP contribution in [0.3, 0.4) is 0 Å². The number of halogens is 5. The second kappa shape index (κ2) is 8.08. The molecule has 0 aliphatic carbocycles. The van der Waals surface area contributed by atoms with Gasteiger partial charge in [-0.25, -0.2) is 0 Å². The van der Waals surface area contributed by atoms with Gasteiger partial charge < -0.3 is 9.42 Å². The van der Waals surface area contributed by atoms with Gasteiger partial charge >= 0.3 is 12.6 Å². The van der Waals surface area contributed by atoms with Crippen molar-refractivity contribution < 1.29 is 31.3 Å². The van der Waals surface area contributed by atoms with Gasteiger partial charge in [-0.05, 0) is 31.0 Å². The van der Waals surface area contributed by atoms with Crippen LogP contribution in [0.15, 0.2) is 41.1 Å². The Labute approximate surface area is 172 Å². The average Bonchev–Trinajstić information content (AvgIpc) is 3.43. The summed E-state index contributed by atoms with van der Waals surface area (Å²) in [5.74, 6) is -1.02. The van der Waals surface area contributed by atoms with E-state index in [2.05, 4.69) is 19.8 Å². The highest BCUT2D eigenvalue weighted by atomic mass is 19.4. The molecule has 31 heavy (non-hydrogen) atoms. The van der Waals surface area contributed by atoms with E-state index in [-0.39, 0.29) is 17.8 Å². The number of hydrogen-bond acceptors (Lipinski definition) is 5. The number of alkyl halides is 5. The third-order valence-corrected chi connectivity index (χ3v) is 5.04. The highest BCUT2D eigenvalue weighted by Gasteiger charge is 2.34. The number of carbonyl (C=O) groups is 1. The molecule has 1 amide bonds. The molecule has 3 aromatic rings. The molecule has 0 bridgehead atoms. The molecule has 12 heteroatoms. The van der Waals surface area contributed by atoms with Crippen molar-refractivity contribution in [1.29, 1.82) is 0 Å². The van der Waals surface area contributed by atoms with Crippen LogP contribution in [-0.4, -0.2) is 43.8 Å². The molecule has 1 aromatic carbocycles. The Kier molecular flexibility index (Phi) is 5.46. The predicted molar refractivity (Wildman–Crippen MR) is 96.1 cm³/mol. The first-order valence-electron chi connectivity index (χ1n) is 9.36. The van der Waals surface area contributed by atoms with E-state index in [9.17, 15) is 26.7 Å². The van der Waals surface area contributed by atoms with Gasteiger partial charge in [0.2, 0.25) is 5.82 Å². The molecule has 0 atom stereocenters. The minimum Gasteiger partial charge on any atom is -0.338 e. The summed E-state index contributed by atoms with van der Waals surface area (Å²) in [4.78, 5) is 17.9. The fourth-order valence-electron chi connectivity index (χ4n) is 3.41. The third kappa shape index (κ3) is 4.42. The molecule has 164 valence electrons. The van der Waals surface area contributed by atoms with E-state index >= 15 is 0 Å². The Hall–Kier alpha value is -3.31. The summed E-state index contributed by atoms with van der Waals surface area (Å²) in [6, 6.07) is 6.85. The fourth-order valence-corrected chi connectivity index (χ4v) is 3.41. The second-order valence-corrected chi connectivity index (χ2v) is 7.04. The van der Waals surface area contributed by atoms with Crippen LogP contribution in [-0.2, 0) is 6.18 Å². The lowest BCUT2D eigenvalue weighted by molar-refractivity contribution is -0.141. The number of amides is 1. The van der Waals surface area contributed by atoms with Gasteiger partial charge in [0, 0.05) is 30.4 Å². The quantitative estimate of drug-likeness (QED) is 0.562. The highest BCUT2D eigenvalue weighted by Crippen LogP contribution is 2.30. The number of nitrogens with zero attached hydrogens (tertiary/aromatic N) is 5. The number of hydrogen-bond donors (Lipinski definition) is 0. The summed E-state index contributed by atoms with van der Waals surface area (Å²) in [6.07, 6.45) is -5.10. The third-order valence-electron chi connectivity index (χ3n) is 5.04. The number of rotatable bonds is 4. The lowest BCUT2D eigenvalue weighted by Crippen LogP contribution is -2.39. The maximum atomic E-state index is 12.7. The van der Waals surface area contributed by atoms with Crippen molar-refractivity contribution in [3.63, 3.8) is 0 Å². The maximum absolute atomic E-state index is 12.7. The molecule has 0 saturated carbocycles. The second-order valence-electron chi connectivity index (χ2n) is 7.04. The Morgan fingerprint density at radius 2 is 1.77 bits per heavy atom. The van der Waals surface area contributed by atoms with Gasteiger partial charge in [-0.2, -0.15) is 32.0 Å². The number of carbonyl (C=O) groups excluding carboxylic acids is 1. The van der Waals surface area contributed by atoms with Gasteiger partial charge in [0.25, 0.3) is 11.8 Å². The predicted octanol–water partition coefficient (Wildman–Crippen LogP) is 4.37. The average molecular weight is 441 g/mol. The first kappa shape index (κ1) is 20.9. The van der Waals surface area contributed by atoms with Gasteiger partial charge in [-0.15, -0.1) is 0 Å². The molecular formula is C19H16F5N5O2. The normalized spacial score (nSPS) is 15.6.